The van der Waals surface area contributed by atoms with Gasteiger partial charge in [-0.2, -0.15) is 0 Å². The van der Waals surface area contributed by atoms with E-state index in [1.807, 2.05) is 43.3 Å². The van der Waals surface area contributed by atoms with Crippen LogP contribution in [0.5, 0.6) is 0 Å². The number of hydrogen-bond acceptors (Lipinski definition) is 4. The summed E-state index contributed by atoms with van der Waals surface area (Å²) in [4.78, 5) is 42.4. The molecule has 6 nitrogen and oxygen atoms in total. The number of carbonyl (C=O) groups is 3. The molecule has 0 bridgehead atoms. The highest BCUT2D eigenvalue weighted by Crippen LogP contribution is 2.41. The number of likely N-dealkylation sites (N-methyl/N-ethyl adjacent to an activating group) is 1. The van der Waals surface area contributed by atoms with Gasteiger partial charge in [0.2, 0.25) is 5.91 Å². The van der Waals surface area contributed by atoms with Crippen molar-refractivity contribution in [1.82, 2.24) is 15.1 Å². The summed E-state index contributed by atoms with van der Waals surface area (Å²) < 4.78 is 1.00. The third kappa shape index (κ3) is 3.14. The average molecular weight is 462 g/mol. The van der Waals surface area contributed by atoms with Crippen LogP contribution in [0.3, 0.4) is 0 Å². The second kappa shape index (κ2) is 7.33. The zero-order chi connectivity index (χ0) is 19.9. The fraction of sp³-hybridized carbons (Fsp3) is 0.350. The van der Waals surface area contributed by atoms with E-state index < -0.39 is 11.6 Å². The molecule has 1 aromatic heterocycles. The predicted molar refractivity (Wildman–Crippen MR) is 110 cm³/mol. The van der Waals surface area contributed by atoms with E-state index in [1.165, 1.54) is 0 Å². The summed E-state index contributed by atoms with van der Waals surface area (Å²) >= 11 is 4.99. The minimum atomic E-state index is -1.02. The number of carbonyl (C=O) groups excluding carboxylic acids is 3. The van der Waals surface area contributed by atoms with Crippen LogP contribution in [0.2, 0.25) is 0 Å². The van der Waals surface area contributed by atoms with Crippen LogP contribution < -0.4 is 5.32 Å². The van der Waals surface area contributed by atoms with Crippen LogP contribution in [-0.4, -0.2) is 40.7 Å². The zero-order valence-corrected chi connectivity index (χ0v) is 17.8. The van der Waals surface area contributed by atoms with Gasteiger partial charge in [0, 0.05) is 11.4 Å². The molecule has 1 fully saturated rings. The molecule has 0 unspecified atom stereocenters. The monoisotopic (exact) mass is 461 g/mol. The van der Waals surface area contributed by atoms with Gasteiger partial charge < -0.3 is 10.2 Å². The number of nitrogens with zero attached hydrogens (tertiary/aromatic N) is 2. The first-order chi connectivity index (χ1) is 13.4. The fourth-order valence-electron chi connectivity index (χ4n) is 3.97. The first-order valence-corrected chi connectivity index (χ1v) is 10.8. The summed E-state index contributed by atoms with van der Waals surface area (Å²) in [5.41, 5.74) is 0.894. The van der Waals surface area contributed by atoms with Gasteiger partial charge in [-0.1, -0.05) is 24.3 Å². The van der Waals surface area contributed by atoms with Crippen molar-refractivity contribution >= 4 is 45.1 Å². The first-order valence-electron chi connectivity index (χ1n) is 9.19. The Morgan fingerprint density at radius 3 is 2.79 bits per heavy atom. The summed E-state index contributed by atoms with van der Waals surface area (Å²) in [5.74, 6) is -0.565. The Morgan fingerprint density at radius 2 is 2.07 bits per heavy atom. The van der Waals surface area contributed by atoms with E-state index in [1.54, 1.807) is 16.2 Å². The van der Waals surface area contributed by atoms with Crippen molar-refractivity contribution < 1.29 is 14.4 Å². The van der Waals surface area contributed by atoms with Crippen LogP contribution in [0.1, 0.15) is 29.3 Å². The summed E-state index contributed by atoms with van der Waals surface area (Å²) in [5, 5.41) is 2.86. The van der Waals surface area contributed by atoms with Crippen LogP contribution in [0, 0.1) is 0 Å². The molecule has 2 aromatic rings. The second-order valence-corrected chi connectivity index (χ2v) is 9.55. The Bertz CT molecular complexity index is 960. The minimum absolute atomic E-state index is 0.237. The lowest BCUT2D eigenvalue weighted by atomic mass is 9.92. The summed E-state index contributed by atoms with van der Waals surface area (Å²) in [6, 6.07) is 11.1. The molecule has 1 aromatic carbocycles. The van der Waals surface area contributed by atoms with Gasteiger partial charge in [0.05, 0.1) is 10.3 Å². The third-order valence-corrected chi connectivity index (χ3v) is 7.03. The average Bonchev–Trinajstić information content (AvgIpc) is 3.33. The van der Waals surface area contributed by atoms with E-state index >= 15 is 0 Å². The molecule has 28 heavy (non-hydrogen) atoms. The SMILES string of the molecule is CCN(Cc1ccc(Br)s1)C(=O)CN1C(=O)N[C@]2(CCc3ccccc32)C1=O. The molecule has 1 aliphatic carbocycles. The number of aryl methyl sites for hydroxylation is 1. The minimum Gasteiger partial charge on any atom is -0.336 e. The maximum Gasteiger partial charge on any atom is 0.325 e. The van der Waals surface area contributed by atoms with Crippen LogP contribution in [0.15, 0.2) is 40.2 Å². The number of imide groups is 1. The molecule has 1 N–H and O–H groups in total. The van der Waals surface area contributed by atoms with Gasteiger partial charge in [-0.25, -0.2) is 4.79 Å². The van der Waals surface area contributed by atoms with Crippen LogP contribution in [0.4, 0.5) is 4.79 Å². The molecule has 4 amide bonds. The molecule has 1 spiro atoms. The van der Waals surface area contributed by atoms with Gasteiger partial charge >= 0.3 is 6.03 Å². The van der Waals surface area contributed by atoms with Crippen molar-refractivity contribution in [2.75, 3.05) is 13.1 Å². The molecule has 4 rings (SSSR count). The topological polar surface area (TPSA) is 69.7 Å². The second-order valence-electron chi connectivity index (χ2n) is 7.00. The molecular weight excluding hydrogens is 442 g/mol. The highest BCUT2D eigenvalue weighted by Gasteiger charge is 2.55. The van der Waals surface area contributed by atoms with Gasteiger partial charge in [-0.05, 0) is 59.0 Å². The lowest BCUT2D eigenvalue weighted by molar-refractivity contribution is -0.139. The molecular formula is C20H20BrN3O3S. The molecule has 1 saturated heterocycles. The van der Waals surface area contributed by atoms with Gasteiger partial charge in [0.1, 0.15) is 12.1 Å². The van der Waals surface area contributed by atoms with Crippen molar-refractivity contribution in [3.05, 3.63) is 56.2 Å². The Labute approximate surface area is 175 Å². The van der Waals surface area contributed by atoms with E-state index in [-0.39, 0.29) is 18.4 Å². The first kappa shape index (κ1) is 19.1. The highest BCUT2D eigenvalue weighted by molar-refractivity contribution is 9.11. The molecule has 1 aliphatic heterocycles. The van der Waals surface area contributed by atoms with Gasteiger partial charge in [0.25, 0.3) is 5.91 Å². The van der Waals surface area contributed by atoms with E-state index in [2.05, 4.69) is 21.2 Å². The summed E-state index contributed by atoms with van der Waals surface area (Å²) in [6.07, 6.45) is 1.26. The predicted octanol–water partition coefficient (Wildman–Crippen LogP) is 3.25. The number of hydrogen-bond donors (Lipinski definition) is 1. The number of thiophene rings is 1. The molecule has 8 heteroatoms. The smallest absolute Gasteiger partial charge is 0.325 e. The van der Waals surface area contributed by atoms with E-state index in [0.29, 0.717) is 19.5 Å². The quantitative estimate of drug-likeness (QED) is 0.694. The highest BCUT2D eigenvalue weighted by atomic mass is 79.9. The molecule has 2 heterocycles. The van der Waals surface area contributed by atoms with E-state index in [9.17, 15) is 14.4 Å². The van der Waals surface area contributed by atoms with E-state index in [0.717, 1.165) is 31.1 Å². The lowest BCUT2D eigenvalue weighted by Crippen LogP contribution is -2.44. The maximum atomic E-state index is 13.2. The number of halogens is 1. The molecule has 0 saturated carbocycles. The largest absolute Gasteiger partial charge is 0.336 e. The van der Waals surface area contributed by atoms with Crippen molar-refractivity contribution in [2.24, 2.45) is 0 Å². The number of fused-ring (bicyclic) bond motifs is 2. The number of urea groups is 1. The number of rotatable bonds is 5. The Morgan fingerprint density at radius 1 is 1.29 bits per heavy atom. The van der Waals surface area contributed by atoms with Gasteiger partial charge in [-0.3, -0.25) is 14.5 Å². The summed E-state index contributed by atoms with van der Waals surface area (Å²) in [6.45, 7) is 2.62. The standard InChI is InChI=1S/C20H20BrN3O3S/c1-2-23(11-14-7-8-16(21)28-14)17(25)12-24-18(26)20(22-19(24)27)10-9-13-5-3-4-6-15(13)20/h3-8H,2,9-12H2,1H3,(H,22,27)/t20-/m0/s1. The Kier molecular flexibility index (Phi) is 5.01. The third-order valence-electron chi connectivity index (χ3n) is 5.43. The van der Waals surface area contributed by atoms with Crippen LogP contribution in [0.25, 0.3) is 0 Å². The fourth-order valence-corrected chi connectivity index (χ4v) is 5.47. The molecule has 0 radical (unpaired) electrons. The normalized spacial score (nSPS) is 20.6. The Balaban J connectivity index is 1.51. The zero-order valence-electron chi connectivity index (χ0n) is 15.4. The van der Waals surface area contributed by atoms with Crippen LogP contribution in [-0.2, 0) is 28.1 Å². The van der Waals surface area contributed by atoms with Crippen molar-refractivity contribution in [3.8, 4) is 0 Å². The summed E-state index contributed by atoms with van der Waals surface area (Å²) in [7, 11) is 0. The van der Waals surface area contributed by atoms with E-state index in [4.69, 9.17) is 0 Å². The maximum absolute atomic E-state index is 13.2. The number of benzene rings is 1. The van der Waals surface area contributed by atoms with Gasteiger partial charge in [-0.15, -0.1) is 11.3 Å². The Hall–Kier alpha value is -2.19. The van der Waals surface area contributed by atoms with Crippen molar-refractivity contribution in [3.63, 3.8) is 0 Å². The van der Waals surface area contributed by atoms with Crippen molar-refractivity contribution in [2.45, 2.75) is 31.8 Å². The molecule has 2 aliphatic rings. The molecule has 146 valence electrons. The number of nitrogens with one attached hydrogen (secondary N) is 1. The van der Waals surface area contributed by atoms with Gasteiger partial charge in [0.15, 0.2) is 0 Å². The number of amides is 4. The lowest BCUT2D eigenvalue weighted by Gasteiger charge is -2.24. The van der Waals surface area contributed by atoms with Crippen molar-refractivity contribution in [1.29, 1.82) is 0 Å². The molecule has 1 atom stereocenters. The van der Waals surface area contributed by atoms with Crippen LogP contribution >= 0.6 is 27.3 Å².